The third kappa shape index (κ3) is 8.02. The van der Waals surface area contributed by atoms with E-state index in [1.54, 1.807) is 0 Å². The van der Waals surface area contributed by atoms with E-state index in [0.29, 0.717) is 0 Å². The smallest absolute Gasteiger partial charge is 0.657 e. The number of hydrogen-bond acceptors (Lipinski definition) is 3. The molecule has 2 aliphatic rings. The van der Waals surface area contributed by atoms with Gasteiger partial charge in [-0.1, -0.05) is 108 Å². The Morgan fingerprint density at radius 2 is 0.646 bits per heavy atom. The van der Waals surface area contributed by atoms with E-state index in [4.69, 9.17) is 19.9 Å². The molecule has 0 aliphatic carbocycles. The van der Waals surface area contributed by atoms with Crippen molar-refractivity contribution in [3.63, 3.8) is 0 Å². The molecule has 314 valence electrons. The molecule has 0 amide bonds. The summed E-state index contributed by atoms with van der Waals surface area (Å²) in [6.07, 6.45) is 8.65. The van der Waals surface area contributed by atoms with E-state index in [2.05, 4.69) is 189 Å². The van der Waals surface area contributed by atoms with Crippen molar-refractivity contribution in [2.75, 3.05) is 5.32 Å². The first-order valence-corrected chi connectivity index (χ1v) is 22.1. The van der Waals surface area contributed by atoms with Crippen molar-refractivity contribution < 1.29 is 19.5 Å². The van der Waals surface area contributed by atoms with Crippen molar-refractivity contribution in [2.45, 2.75) is 62.3 Å². The quantitative estimate of drug-likeness (QED) is 0.168. The molecular formula is C59H51N5Zn. The maximum Gasteiger partial charge on any atom is 2.00 e. The minimum Gasteiger partial charge on any atom is -0.657 e. The van der Waals surface area contributed by atoms with Gasteiger partial charge in [0.15, 0.2) is 0 Å². The monoisotopic (exact) mass is 893 g/mol. The molecule has 0 unspecified atom stereocenters. The summed E-state index contributed by atoms with van der Waals surface area (Å²) in [5.74, 6) is 0. The second-order valence-electron chi connectivity index (χ2n) is 17.8. The molecule has 1 N–H and O–H groups in total. The Kier molecular flexibility index (Phi) is 11.5. The van der Waals surface area contributed by atoms with Gasteiger partial charge in [-0.25, -0.2) is 9.97 Å². The summed E-state index contributed by atoms with van der Waals surface area (Å²) in [7, 11) is 0. The van der Waals surface area contributed by atoms with Crippen LogP contribution in [0, 0.1) is 62.3 Å². The fraction of sp³-hybridized carbons (Fsp3) is 0.153. The number of nitrogens with zero attached hydrogens (tertiary/aromatic N) is 4. The number of nitrogens with one attached hydrogen (secondary N) is 1. The third-order valence-electron chi connectivity index (χ3n) is 12.6. The Hall–Kier alpha value is -6.88. The van der Waals surface area contributed by atoms with Gasteiger partial charge in [0.1, 0.15) is 0 Å². The third-order valence-corrected chi connectivity index (χ3v) is 12.6. The summed E-state index contributed by atoms with van der Waals surface area (Å²) in [6.45, 7) is 19.7. The van der Waals surface area contributed by atoms with Crippen LogP contribution in [0.25, 0.3) is 90.9 Å². The Labute approximate surface area is 395 Å². The van der Waals surface area contributed by atoms with Gasteiger partial charge >= 0.3 is 19.5 Å². The molecular weight excluding hydrogens is 844 g/mol. The van der Waals surface area contributed by atoms with Crippen LogP contribution in [0.5, 0.6) is 0 Å². The molecule has 0 spiro atoms. The van der Waals surface area contributed by atoms with Crippen LogP contribution >= 0.6 is 0 Å². The number of fused-ring (bicyclic) bond motifs is 8. The molecule has 0 fully saturated rings. The molecule has 3 aromatic heterocycles. The van der Waals surface area contributed by atoms with Crippen LogP contribution in [0.15, 0.2) is 115 Å². The van der Waals surface area contributed by atoms with E-state index >= 15 is 0 Å². The van der Waals surface area contributed by atoms with Gasteiger partial charge in [-0.15, -0.1) is 22.1 Å². The van der Waals surface area contributed by atoms with Gasteiger partial charge in [0, 0.05) is 11.4 Å². The number of para-hydroxylation sites is 1. The average Bonchev–Trinajstić information content (AvgIpc) is 4.09. The normalized spacial score (nSPS) is 11.8. The predicted octanol–water partition coefficient (Wildman–Crippen LogP) is 15.1. The second-order valence-corrected chi connectivity index (χ2v) is 17.8. The minimum atomic E-state index is 0. The van der Waals surface area contributed by atoms with Crippen LogP contribution in [-0.2, 0) is 19.5 Å². The molecule has 5 heterocycles. The first-order chi connectivity index (χ1) is 30.9. The predicted molar refractivity (Wildman–Crippen MR) is 271 cm³/mol. The molecule has 0 saturated carbocycles. The summed E-state index contributed by atoms with van der Waals surface area (Å²) < 4.78 is 0. The molecule has 0 atom stereocenters. The van der Waals surface area contributed by atoms with Crippen LogP contribution in [0.3, 0.4) is 0 Å². The summed E-state index contributed by atoms with van der Waals surface area (Å²) in [5, 5.41) is 3.55. The fourth-order valence-electron chi connectivity index (χ4n) is 10.3. The van der Waals surface area contributed by atoms with Crippen molar-refractivity contribution in [2.24, 2.45) is 0 Å². The topological polar surface area (TPSA) is 66.0 Å². The molecule has 8 aromatic rings. The van der Waals surface area contributed by atoms with E-state index in [-0.39, 0.29) is 19.5 Å². The van der Waals surface area contributed by atoms with E-state index < -0.39 is 0 Å². The van der Waals surface area contributed by atoms with E-state index in [1.807, 2.05) is 18.2 Å². The Morgan fingerprint density at radius 1 is 0.338 bits per heavy atom. The SMILES string of the molecule is Cc1cc(C)c(-c2c3nc(c(-c4c(C)cc(C)cc4C)c4ccc([n-]4)c(-c4c(C)cc(C)cc4C)c4nc(c(-c5ccc(Nc6ccccc6)cc5)c5ccc2[n-]5)C=C4)C=C3)c(C)c1.[Zn+2]. The van der Waals surface area contributed by atoms with Crippen LogP contribution in [0.1, 0.15) is 72.8 Å². The van der Waals surface area contributed by atoms with Gasteiger partial charge in [0.25, 0.3) is 0 Å². The van der Waals surface area contributed by atoms with Gasteiger partial charge in [0.05, 0.1) is 22.8 Å². The Bertz CT molecular complexity index is 3310. The van der Waals surface area contributed by atoms with Crippen LogP contribution in [0.4, 0.5) is 11.4 Å². The van der Waals surface area contributed by atoms with Crippen molar-refractivity contribution in [1.29, 1.82) is 0 Å². The zero-order valence-electron chi connectivity index (χ0n) is 38.8. The van der Waals surface area contributed by atoms with Crippen molar-refractivity contribution >= 4 is 57.7 Å². The minimum absolute atomic E-state index is 0. The standard InChI is InChI=1S/C59H51N5.Zn/c1-33-27-36(4)53(37(5)28-33)57-47-21-19-45(61-47)56(42-15-17-44(18-16-42)60-43-13-11-10-12-14-43)46-20-22-48(62-46)58(54-38(6)29-34(2)30-39(54)7)50-24-26-52(64-50)59(51-25-23-49(57)63-51)55-40(8)31-35(3)32-41(55)9;/h10-32,60H,1-9H3;/q-2;+2. The van der Waals surface area contributed by atoms with Crippen molar-refractivity contribution in [1.82, 2.24) is 19.9 Å². The number of hydrogen-bond donors (Lipinski definition) is 1. The summed E-state index contributed by atoms with van der Waals surface area (Å²) in [5.41, 5.74) is 28.2. The van der Waals surface area contributed by atoms with Crippen LogP contribution in [-0.4, -0.2) is 9.97 Å². The second kappa shape index (κ2) is 17.3. The molecule has 2 aliphatic heterocycles. The van der Waals surface area contributed by atoms with E-state index in [0.717, 1.165) is 101 Å². The molecule has 5 aromatic carbocycles. The maximum absolute atomic E-state index is 5.59. The molecule has 0 saturated heterocycles. The summed E-state index contributed by atoms with van der Waals surface area (Å²) in [6, 6.07) is 41.1. The molecule has 65 heavy (non-hydrogen) atoms. The Morgan fingerprint density at radius 3 is 1.00 bits per heavy atom. The molecule has 8 bridgehead atoms. The van der Waals surface area contributed by atoms with Crippen LogP contribution in [0.2, 0.25) is 0 Å². The summed E-state index contributed by atoms with van der Waals surface area (Å²) in [4.78, 5) is 22.3. The van der Waals surface area contributed by atoms with Crippen molar-refractivity contribution in [3.8, 4) is 44.5 Å². The zero-order valence-corrected chi connectivity index (χ0v) is 41.7. The molecule has 0 radical (unpaired) electrons. The van der Waals surface area contributed by atoms with E-state index in [1.165, 1.54) is 50.1 Å². The Balaban J connectivity index is 0.00000533. The maximum atomic E-state index is 5.59. The number of anilines is 2. The van der Waals surface area contributed by atoms with Gasteiger partial charge in [-0.2, -0.15) is 0 Å². The van der Waals surface area contributed by atoms with Gasteiger partial charge in [-0.05, 0) is 189 Å². The first-order valence-electron chi connectivity index (χ1n) is 22.1. The van der Waals surface area contributed by atoms with Gasteiger partial charge < -0.3 is 15.3 Å². The first kappa shape index (κ1) is 43.4. The number of aryl methyl sites for hydroxylation is 9. The molecule has 10 rings (SSSR count). The largest absolute Gasteiger partial charge is 2.00 e. The number of benzene rings is 5. The fourth-order valence-corrected chi connectivity index (χ4v) is 10.3. The average molecular weight is 895 g/mol. The number of rotatable bonds is 6. The van der Waals surface area contributed by atoms with E-state index in [9.17, 15) is 0 Å². The van der Waals surface area contributed by atoms with Gasteiger partial charge in [-0.3, -0.25) is 0 Å². The van der Waals surface area contributed by atoms with Gasteiger partial charge in [0.2, 0.25) is 0 Å². The molecule has 5 nitrogen and oxygen atoms in total. The summed E-state index contributed by atoms with van der Waals surface area (Å²) >= 11 is 0. The van der Waals surface area contributed by atoms with Crippen molar-refractivity contribution in [3.05, 3.63) is 188 Å². The number of aromatic nitrogens is 4. The molecule has 6 heteroatoms. The van der Waals surface area contributed by atoms with Crippen LogP contribution < -0.4 is 15.3 Å². The zero-order chi connectivity index (χ0) is 44.4.